The Balaban J connectivity index is 1.44. The number of anilines is 1. The van der Waals surface area contributed by atoms with Gasteiger partial charge in [0.15, 0.2) is 0 Å². The molecule has 0 fully saturated rings. The zero-order valence-electron chi connectivity index (χ0n) is 16.6. The fourth-order valence-corrected chi connectivity index (χ4v) is 3.62. The molecule has 1 aromatic heterocycles. The lowest BCUT2D eigenvalue weighted by Crippen LogP contribution is -2.14. The number of benzene rings is 2. The van der Waals surface area contributed by atoms with Crippen molar-refractivity contribution in [3.63, 3.8) is 0 Å². The van der Waals surface area contributed by atoms with Gasteiger partial charge in [0.25, 0.3) is 0 Å². The summed E-state index contributed by atoms with van der Waals surface area (Å²) in [4.78, 5) is 28.7. The van der Waals surface area contributed by atoms with Crippen LogP contribution < -0.4 is 5.32 Å². The number of aryl methyl sites for hydroxylation is 1. The van der Waals surface area contributed by atoms with Gasteiger partial charge in [-0.05, 0) is 30.5 Å². The molecule has 3 rings (SSSR count). The van der Waals surface area contributed by atoms with Crippen LogP contribution in [-0.4, -0.2) is 16.9 Å². The average molecular weight is 409 g/mol. The van der Waals surface area contributed by atoms with E-state index in [1.165, 1.54) is 11.3 Å². The van der Waals surface area contributed by atoms with E-state index in [2.05, 4.69) is 10.3 Å². The number of hydrogen-bond acceptors (Lipinski definition) is 5. The lowest BCUT2D eigenvalue weighted by molar-refractivity contribution is -0.145. The van der Waals surface area contributed by atoms with Crippen LogP contribution in [0.3, 0.4) is 0 Å². The molecule has 0 saturated carbocycles. The van der Waals surface area contributed by atoms with Crippen molar-refractivity contribution >= 4 is 28.9 Å². The summed E-state index contributed by atoms with van der Waals surface area (Å²) in [7, 11) is 0. The number of carbonyl (C=O) groups is 2. The fourth-order valence-electron chi connectivity index (χ4n) is 2.84. The average Bonchev–Trinajstić information content (AvgIpc) is 3.16. The highest BCUT2D eigenvalue weighted by Crippen LogP contribution is 2.20. The van der Waals surface area contributed by atoms with Gasteiger partial charge in [-0.1, -0.05) is 55.0 Å². The second-order valence-corrected chi connectivity index (χ2v) is 7.94. The molecule has 6 heteroatoms. The molecule has 0 aliphatic heterocycles. The summed E-state index contributed by atoms with van der Waals surface area (Å²) in [6, 6.07) is 17.5. The molecule has 150 valence electrons. The minimum absolute atomic E-state index is 0.0974. The normalized spacial score (nSPS) is 11.7. The second-order valence-electron chi connectivity index (χ2n) is 7.00. The molecular weight excluding hydrogens is 384 g/mol. The van der Waals surface area contributed by atoms with E-state index in [0.29, 0.717) is 17.1 Å². The van der Waals surface area contributed by atoms with Crippen molar-refractivity contribution in [1.82, 2.24) is 4.98 Å². The molecule has 2 aromatic carbocycles. The maximum absolute atomic E-state index is 12.2. The van der Waals surface area contributed by atoms with Gasteiger partial charge >= 0.3 is 5.97 Å². The van der Waals surface area contributed by atoms with Gasteiger partial charge < -0.3 is 10.1 Å². The van der Waals surface area contributed by atoms with Crippen LogP contribution in [0.2, 0.25) is 0 Å². The van der Waals surface area contributed by atoms with Gasteiger partial charge in [0.1, 0.15) is 11.6 Å². The molecule has 0 aliphatic carbocycles. The molecule has 29 heavy (non-hydrogen) atoms. The summed E-state index contributed by atoms with van der Waals surface area (Å²) in [5, 5.41) is 5.37. The molecule has 3 aromatic rings. The van der Waals surface area contributed by atoms with E-state index >= 15 is 0 Å². The van der Waals surface area contributed by atoms with Crippen molar-refractivity contribution in [1.29, 1.82) is 0 Å². The fraction of sp³-hybridized carbons (Fsp3) is 0.261. The zero-order valence-corrected chi connectivity index (χ0v) is 17.4. The number of carbonyl (C=O) groups excluding carboxylic acids is 2. The molecule has 1 atom stereocenters. The van der Waals surface area contributed by atoms with E-state index in [1.807, 2.05) is 73.8 Å². The Morgan fingerprint density at radius 1 is 1.10 bits per heavy atom. The van der Waals surface area contributed by atoms with E-state index in [0.717, 1.165) is 16.8 Å². The van der Waals surface area contributed by atoms with Crippen molar-refractivity contribution in [2.24, 2.45) is 0 Å². The zero-order chi connectivity index (χ0) is 20.6. The highest BCUT2D eigenvalue weighted by molar-refractivity contribution is 7.09. The number of rotatable bonds is 8. The third kappa shape index (κ3) is 6.54. The van der Waals surface area contributed by atoms with Gasteiger partial charge in [-0.2, -0.15) is 0 Å². The van der Waals surface area contributed by atoms with E-state index < -0.39 is 0 Å². The van der Waals surface area contributed by atoms with Crippen LogP contribution in [0.4, 0.5) is 5.69 Å². The third-order valence-corrected chi connectivity index (χ3v) is 5.37. The van der Waals surface area contributed by atoms with E-state index in [1.54, 1.807) is 0 Å². The number of esters is 1. The Morgan fingerprint density at radius 3 is 2.55 bits per heavy atom. The number of ether oxygens (including phenoxy) is 1. The van der Waals surface area contributed by atoms with E-state index in [-0.39, 0.29) is 30.8 Å². The van der Waals surface area contributed by atoms with Gasteiger partial charge in [-0.3, -0.25) is 9.59 Å². The Morgan fingerprint density at radius 2 is 1.83 bits per heavy atom. The first-order chi connectivity index (χ1) is 14.0. The quantitative estimate of drug-likeness (QED) is 0.540. The standard InChI is InChI=1S/C23H24N2O3S/c1-16-8-10-19(11-9-16)24-21(26)13-22-25-20(15-29-22)14-28-23(27)12-17(2)18-6-4-3-5-7-18/h3-11,15,17H,12-14H2,1-2H3,(H,24,26)/t17-/m0/s1. The van der Waals surface area contributed by atoms with Crippen LogP contribution in [0.25, 0.3) is 0 Å². The Bertz CT molecular complexity index is 952. The predicted molar refractivity (Wildman–Crippen MR) is 115 cm³/mol. The van der Waals surface area contributed by atoms with Crippen molar-refractivity contribution in [3.8, 4) is 0 Å². The monoisotopic (exact) mass is 408 g/mol. The summed E-state index contributed by atoms with van der Waals surface area (Å²) < 4.78 is 5.35. The number of amides is 1. The first-order valence-electron chi connectivity index (χ1n) is 9.50. The van der Waals surface area contributed by atoms with Crippen molar-refractivity contribution < 1.29 is 14.3 Å². The Labute approximate surface area is 174 Å². The van der Waals surface area contributed by atoms with E-state index in [4.69, 9.17) is 4.74 Å². The van der Waals surface area contributed by atoms with Gasteiger partial charge in [-0.25, -0.2) is 4.98 Å². The Hall–Kier alpha value is -2.99. The van der Waals surface area contributed by atoms with Crippen LogP contribution in [0, 0.1) is 6.92 Å². The number of nitrogens with zero attached hydrogens (tertiary/aromatic N) is 1. The van der Waals surface area contributed by atoms with Gasteiger partial charge in [-0.15, -0.1) is 11.3 Å². The topological polar surface area (TPSA) is 68.3 Å². The molecule has 0 aliphatic rings. The van der Waals surface area contributed by atoms with Crippen LogP contribution >= 0.6 is 11.3 Å². The highest BCUT2D eigenvalue weighted by atomic mass is 32.1. The molecule has 5 nitrogen and oxygen atoms in total. The van der Waals surface area contributed by atoms with E-state index in [9.17, 15) is 9.59 Å². The van der Waals surface area contributed by atoms with Crippen molar-refractivity contribution in [2.75, 3.05) is 5.32 Å². The van der Waals surface area contributed by atoms with Crippen molar-refractivity contribution in [3.05, 3.63) is 81.8 Å². The third-order valence-electron chi connectivity index (χ3n) is 4.47. The van der Waals surface area contributed by atoms with Crippen LogP contribution in [0.1, 0.15) is 41.1 Å². The molecule has 0 spiro atoms. The second kappa shape index (κ2) is 9.98. The minimum Gasteiger partial charge on any atom is -0.459 e. The molecule has 1 N–H and O–H groups in total. The number of hydrogen-bond donors (Lipinski definition) is 1. The van der Waals surface area contributed by atoms with Gasteiger partial charge in [0.2, 0.25) is 5.91 Å². The van der Waals surface area contributed by atoms with Gasteiger partial charge in [0, 0.05) is 11.1 Å². The molecule has 0 unspecified atom stereocenters. The number of nitrogens with one attached hydrogen (secondary N) is 1. The minimum atomic E-state index is -0.256. The molecule has 0 saturated heterocycles. The molecule has 1 heterocycles. The predicted octanol–water partition coefficient (Wildman–Crippen LogP) is 4.87. The first-order valence-corrected chi connectivity index (χ1v) is 10.4. The maximum atomic E-state index is 12.2. The summed E-state index contributed by atoms with van der Waals surface area (Å²) in [5.74, 6) is -0.281. The van der Waals surface area contributed by atoms with Crippen LogP contribution in [0.5, 0.6) is 0 Å². The largest absolute Gasteiger partial charge is 0.459 e. The maximum Gasteiger partial charge on any atom is 0.306 e. The lowest BCUT2D eigenvalue weighted by Gasteiger charge is -2.10. The summed E-state index contributed by atoms with van der Waals surface area (Å²) in [5.41, 5.74) is 3.67. The smallest absolute Gasteiger partial charge is 0.306 e. The summed E-state index contributed by atoms with van der Waals surface area (Å²) >= 11 is 1.39. The van der Waals surface area contributed by atoms with Gasteiger partial charge in [0.05, 0.1) is 18.5 Å². The highest BCUT2D eigenvalue weighted by Gasteiger charge is 2.14. The molecular formula is C23H24N2O3S. The Kier molecular flexibility index (Phi) is 7.14. The summed E-state index contributed by atoms with van der Waals surface area (Å²) in [6.45, 7) is 4.12. The molecule has 1 amide bonds. The molecule has 0 bridgehead atoms. The van der Waals surface area contributed by atoms with Crippen molar-refractivity contribution in [2.45, 2.75) is 39.2 Å². The van der Waals surface area contributed by atoms with Crippen LogP contribution in [-0.2, 0) is 27.4 Å². The first kappa shape index (κ1) is 20.7. The SMILES string of the molecule is Cc1ccc(NC(=O)Cc2nc(COC(=O)C[C@H](C)c3ccccc3)cs2)cc1. The number of aromatic nitrogens is 1. The molecule has 0 radical (unpaired) electrons. The number of thiazole rings is 1. The summed E-state index contributed by atoms with van der Waals surface area (Å²) in [6.07, 6.45) is 0.511. The van der Waals surface area contributed by atoms with Crippen LogP contribution in [0.15, 0.2) is 60.0 Å². The lowest BCUT2D eigenvalue weighted by atomic mass is 9.98.